The van der Waals surface area contributed by atoms with Gasteiger partial charge in [-0.3, -0.25) is 14.9 Å². The third-order valence-corrected chi connectivity index (χ3v) is 3.86. The predicted molar refractivity (Wildman–Crippen MR) is 89.7 cm³/mol. The maximum absolute atomic E-state index is 12.8. The molecule has 136 valence electrons. The Bertz CT molecular complexity index is 1020. The fraction of sp³-hybridized carbons (Fsp3) is 0.235. The van der Waals surface area contributed by atoms with E-state index in [-0.39, 0.29) is 5.95 Å². The van der Waals surface area contributed by atoms with Crippen molar-refractivity contribution in [2.75, 3.05) is 5.32 Å². The number of rotatable bonds is 4. The van der Waals surface area contributed by atoms with Gasteiger partial charge in [-0.15, -0.1) is 0 Å². The molecule has 6 nitrogen and oxygen atoms in total. The molecule has 1 aromatic carbocycles. The molecule has 2 heterocycles. The quantitative estimate of drug-likeness (QED) is 0.774. The lowest BCUT2D eigenvalue weighted by Crippen LogP contribution is -2.32. The average Bonchev–Trinajstić information content (AvgIpc) is 2.92. The lowest BCUT2D eigenvalue weighted by atomic mass is 10.2. The molecule has 0 saturated carbocycles. The maximum atomic E-state index is 12.8. The van der Waals surface area contributed by atoms with E-state index in [1.54, 1.807) is 10.6 Å². The van der Waals surface area contributed by atoms with E-state index >= 15 is 0 Å². The molecule has 0 bridgehead atoms. The monoisotopic (exact) mass is 364 g/mol. The van der Waals surface area contributed by atoms with Crippen LogP contribution in [0.25, 0.3) is 11.0 Å². The van der Waals surface area contributed by atoms with Crippen molar-refractivity contribution in [2.24, 2.45) is 0 Å². The van der Waals surface area contributed by atoms with E-state index in [9.17, 15) is 22.8 Å². The number of pyridine rings is 1. The molecule has 0 unspecified atom stereocenters. The molecule has 0 aliphatic rings. The Morgan fingerprint density at radius 3 is 2.62 bits per heavy atom. The van der Waals surface area contributed by atoms with Crippen LogP contribution in [0, 0.1) is 0 Å². The minimum atomic E-state index is -4.77. The number of para-hydroxylation sites is 2. The van der Waals surface area contributed by atoms with E-state index in [1.165, 1.54) is 0 Å². The van der Waals surface area contributed by atoms with Crippen molar-refractivity contribution in [3.63, 3.8) is 0 Å². The zero-order valence-corrected chi connectivity index (χ0v) is 13.7. The molecule has 9 heteroatoms. The highest BCUT2D eigenvalue weighted by atomic mass is 19.4. The summed E-state index contributed by atoms with van der Waals surface area (Å²) in [6.45, 7) is 1.87. The zero-order chi connectivity index (χ0) is 18.9. The van der Waals surface area contributed by atoms with Gasteiger partial charge in [0.1, 0.15) is 12.1 Å². The maximum Gasteiger partial charge on any atom is 0.421 e. The second-order valence-electron chi connectivity index (χ2n) is 5.57. The van der Waals surface area contributed by atoms with Crippen molar-refractivity contribution in [3.05, 3.63) is 58.5 Å². The van der Waals surface area contributed by atoms with Crippen LogP contribution in [-0.4, -0.2) is 20.0 Å². The summed E-state index contributed by atoms with van der Waals surface area (Å²) in [5.74, 6) is -0.366. The number of nitrogens with zero attached hydrogens (tertiary/aromatic N) is 3. The van der Waals surface area contributed by atoms with Crippen LogP contribution in [0.1, 0.15) is 12.5 Å². The number of hydrogen-bond acceptors (Lipinski definition) is 3. The Hall–Kier alpha value is -3.10. The second-order valence-corrected chi connectivity index (χ2v) is 5.57. The molecule has 0 fully saturated rings. The molecular formula is C17H15F3N4O2. The summed E-state index contributed by atoms with van der Waals surface area (Å²) in [5, 5.41) is 2.56. The highest BCUT2D eigenvalue weighted by molar-refractivity contribution is 5.91. The summed E-state index contributed by atoms with van der Waals surface area (Å²) in [6, 6.07) is 9.05. The number of amides is 1. The van der Waals surface area contributed by atoms with Gasteiger partial charge in [0.15, 0.2) is 0 Å². The molecule has 0 saturated heterocycles. The van der Waals surface area contributed by atoms with Gasteiger partial charge in [-0.2, -0.15) is 13.2 Å². The fourth-order valence-electron chi connectivity index (χ4n) is 2.69. The van der Waals surface area contributed by atoms with Crippen molar-refractivity contribution in [1.29, 1.82) is 0 Å². The predicted octanol–water partition coefficient (Wildman–Crippen LogP) is 2.88. The van der Waals surface area contributed by atoms with Crippen molar-refractivity contribution in [1.82, 2.24) is 14.1 Å². The number of anilines is 1. The molecule has 0 aliphatic heterocycles. The Morgan fingerprint density at radius 2 is 1.92 bits per heavy atom. The Labute approximate surface area is 145 Å². The summed E-state index contributed by atoms with van der Waals surface area (Å²) in [7, 11) is 0. The van der Waals surface area contributed by atoms with Crippen LogP contribution in [0.5, 0.6) is 0 Å². The summed E-state index contributed by atoms with van der Waals surface area (Å²) in [5.41, 5.74) is -1.07. The fourth-order valence-corrected chi connectivity index (χ4v) is 2.69. The molecule has 2 aromatic heterocycles. The van der Waals surface area contributed by atoms with E-state index in [1.807, 2.05) is 25.1 Å². The largest absolute Gasteiger partial charge is 0.421 e. The highest BCUT2D eigenvalue weighted by Gasteiger charge is 2.34. The summed E-state index contributed by atoms with van der Waals surface area (Å²) >= 11 is 0. The number of aromatic nitrogens is 3. The Kier molecular flexibility index (Phi) is 4.54. The Morgan fingerprint density at radius 1 is 1.19 bits per heavy atom. The molecule has 0 aliphatic carbocycles. The van der Waals surface area contributed by atoms with E-state index < -0.39 is 29.8 Å². The minimum absolute atomic E-state index is 0.277. The summed E-state index contributed by atoms with van der Waals surface area (Å²) in [6.07, 6.45) is -3.63. The molecular weight excluding hydrogens is 349 g/mol. The first-order chi connectivity index (χ1) is 12.3. The molecule has 0 atom stereocenters. The van der Waals surface area contributed by atoms with Crippen LogP contribution in [-0.2, 0) is 24.1 Å². The van der Waals surface area contributed by atoms with Gasteiger partial charge in [-0.1, -0.05) is 12.1 Å². The van der Waals surface area contributed by atoms with Gasteiger partial charge >= 0.3 is 6.18 Å². The van der Waals surface area contributed by atoms with Crippen molar-refractivity contribution >= 4 is 22.9 Å². The number of alkyl halides is 3. The van der Waals surface area contributed by atoms with Gasteiger partial charge in [-0.25, -0.2) is 4.98 Å². The third-order valence-electron chi connectivity index (χ3n) is 3.86. The number of benzene rings is 1. The topological polar surface area (TPSA) is 68.9 Å². The second kappa shape index (κ2) is 6.66. The van der Waals surface area contributed by atoms with E-state index in [4.69, 9.17) is 0 Å². The number of hydrogen-bond donors (Lipinski definition) is 1. The molecule has 3 rings (SSSR count). The number of fused-ring (bicyclic) bond motifs is 1. The number of imidazole rings is 1. The first-order valence-corrected chi connectivity index (χ1v) is 7.83. The van der Waals surface area contributed by atoms with Gasteiger partial charge < -0.3 is 9.13 Å². The molecule has 0 radical (unpaired) electrons. The van der Waals surface area contributed by atoms with Gasteiger partial charge in [0.2, 0.25) is 11.9 Å². The number of carbonyl (C=O) groups excluding carboxylic acids is 1. The van der Waals surface area contributed by atoms with Crippen LogP contribution < -0.4 is 10.9 Å². The zero-order valence-electron chi connectivity index (χ0n) is 13.7. The van der Waals surface area contributed by atoms with Crippen molar-refractivity contribution in [2.45, 2.75) is 26.2 Å². The summed E-state index contributed by atoms with van der Waals surface area (Å²) in [4.78, 5) is 28.5. The molecule has 1 amide bonds. The third kappa shape index (κ3) is 3.32. The van der Waals surface area contributed by atoms with Crippen LogP contribution in [0.4, 0.5) is 19.1 Å². The molecule has 1 N–H and O–H groups in total. The smallest absolute Gasteiger partial charge is 0.310 e. The first-order valence-electron chi connectivity index (χ1n) is 7.83. The van der Waals surface area contributed by atoms with Gasteiger partial charge in [0.25, 0.3) is 5.56 Å². The van der Waals surface area contributed by atoms with E-state index in [0.717, 1.165) is 22.3 Å². The SMILES string of the molecule is CCn1c(NC(=O)Cn2cccc(C(F)(F)F)c2=O)nc2ccccc21. The lowest BCUT2D eigenvalue weighted by Gasteiger charge is -2.11. The molecule has 3 aromatic rings. The highest BCUT2D eigenvalue weighted by Crippen LogP contribution is 2.26. The van der Waals surface area contributed by atoms with Crippen LogP contribution in [0.15, 0.2) is 47.4 Å². The first kappa shape index (κ1) is 17.7. The average molecular weight is 364 g/mol. The number of carbonyl (C=O) groups is 1. The molecule has 0 spiro atoms. The van der Waals surface area contributed by atoms with E-state index in [2.05, 4.69) is 10.3 Å². The van der Waals surface area contributed by atoms with Gasteiger partial charge in [0, 0.05) is 12.7 Å². The van der Waals surface area contributed by atoms with E-state index in [0.29, 0.717) is 18.1 Å². The number of nitrogens with one attached hydrogen (secondary N) is 1. The van der Waals surface area contributed by atoms with Crippen molar-refractivity contribution < 1.29 is 18.0 Å². The number of aryl methyl sites for hydroxylation is 1. The number of halogens is 3. The lowest BCUT2D eigenvalue weighted by molar-refractivity contribution is -0.139. The molecule has 26 heavy (non-hydrogen) atoms. The van der Waals surface area contributed by atoms with Gasteiger partial charge in [-0.05, 0) is 31.2 Å². The normalized spacial score (nSPS) is 11.7. The standard InChI is InChI=1S/C17H15F3N4O2/c1-2-24-13-8-4-3-7-12(13)21-16(24)22-14(25)10-23-9-5-6-11(15(23)26)17(18,19)20/h3-9H,2,10H2,1H3,(H,21,22,25). The minimum Gasteiger partial charge on any atom is -0.310 e. The Balaban J connectivity index is 1.86. The summed E-state index contributed by atoms with van der Waals surface area (Å²) < 4.78 is 40.9. The van der Waals surface area contributed by atoms with Crippen LogP contribution >= 0.6 is 0 Å². The van der Waals surface area contributed by atoms with Crippen LogP contribution in [0.3, 0.4) is 0 Å². The van der Waals surface area contributed by atoms with Crippen molar-refractivity contribution in [3.8, 4) is 0 Å². The van der Waals surface area contributed by atoms with Crippen LogP contribution in [0.2, 0.25) is 0 Å². The van der Waals surface area contributed by atoms with Gasteiger partial charge in [0.05, 0.1) is 11.0 Å².